The molecule has 1 amide bonds. The molecule has 0 saturated carbocycles. The van der Waals surface area contributed by atoms with Gasteiger partial charge in [0.25, 0.3) is 5.91 Å². The summed E-state index contributed by atoms with van der Waals surface area (Å²) in [5.41, 5.74) is 6.54. The summed E-state index contributed by atoms with van der Waals surface area (Å²) in [6.45, 7) is 1.67. The zero-order valence-electron chi connectivity index (χ0n) is 15.3. The molecule has 0 bridgehead atoms. The Labute approximate surface area is 161 Å². The molecular formula is C22H20N4O2. The molecule has 4 heterocycles. The first kappa shape index (κ1) is 15.9. The number of rotatable bonds is 2. The number of carbonyl (C=O) groups is 2. The fourth-order valence-corrected chi connectivity index (χ4v) is 5.08. The highest BCUT2D eigenvalue weighted by Crippen LogP contribution is 2.38. The summed E-state index contributed by atoms with van der Waals surface area (Å²) in [4.78, 5) is 32.7. The fourth-order valence-electron chi connectivity index (χ4n) is 5.08. The van der Waals surface area contributed by atoms with Crippen LogP contribution >= 0.6 is 0 Å². The Morgan fingerprint density at radius 3 is 3.04 bits per heavy atom. The van der Waals surface area contributed by atoms with Gasteiger partial charge in [0, 0.05) is 40.8 Å². The standard InChI is InChI=1S/C22H20N4O2/c27-11-12-9-15-14-6-8-26(21(14)4-3-18(15)24-12)22(28)20-10-16-13-5-7-23-17(13)1-2-19(16)25-20/h1-4,9-11,13,17,23-25H,5-8H2. The summed E-state index contributed by atoms with van der Waals surface area (Å²) in [5.74, 6) is 0.458. The van der Waals surface area contributed by atoms with Gasteiger partial charge >= 0.3 is 0 Å². The van der Waals surface area contributed by atoms with E-state index in [1.165, 1.54) is 5.56 Å². The van der Waals surface area contributed by atoms with Crippen LogP contribution in [0.2, 0.25) is 0 Å². The summed E-state index contributed by atoms with van der Waals surface area (Å²) in [6, 6.07) is 8.23. The average molecular weight is 372 g/mol. The van der Waals surface area contributed by atoms with Crippen molar-refractivity contribution in [1.29, 1.82) is 0 Å². The van der Waals surface area contributed by atoms with E-state index in [1.54, 1.807) is 0 Å². The van der Waals surface area contributed by atoms with Crippen molar-refractivity contribution in [3.05, 3.63) is 58.6 Å². The van der Waals surface area contributed by atoms with Gasteiger partial charge in [-0.3, -0.25) is 9.59 Å². The quantitative estimate of drug-likeness (QED) is 0.605. The third-order valence-electron chi connectivity index (χ3n) is 6.41. The molecule has 6 nitrogen and oxygen atoms in total. The first-order valence-corrected chi connectivity index (χ1v) is 9.79. The highest BCUT2D eigenvalue weighted by Gasteiger charge is 2.34. The lowest BCUT2D eigenvalue weighted by Crippen LogP contribution is -2.29. The number of H-pyrrole nitrogens is 2. The lowest BCUT2D eigenvalue weighted by Gasteiger charge is -2.19. The number of aromatic nitrogens is 2. The number of fused-ring (bicyclic) bond motifs is 6. The number of hydrogen-bond donors (Lipinski definition) is 3. The zero-order valence-corrected chi connectivity index (χ0v) is 15.3. The lowest BCUT2D eigenvalue weighted by molar-refractivity contribution is 0.0984. The van der Waals surface area contributed by atoms with Crippen molar-refractivity contribution < 1.29 is 9.59 Å². The number of amides is 1. The number of aldehydes is 1. The van der Waals surface area contributed by atoms with E-state index >= 15 is 0 Å². The van der Waals surface area contributed by atoms with Gasteiger partial charge in [-0.25, -0.2) is 0 Å². The third-order valence-corrected chi connectivity index (χ3v) is 6.41. The van der Waals surface area contributed by atoms with Gasteiger partial charge in [-0.1, -0.05) is 6.08 Å². The molecule has 3 aromatic rings. The Kier molecular flexibility index (Phi) is 3.23. The molecular weight excluding hydrogens is 352 g/mol. The Balaban J connectivity index is 1.37. The Bertz CT molecular complexity index is 1170. The SMILES string of the molecule is O=Cc1cc2c3c(ccc2[nH]1)N(C(=O)c1cc2c([nH]1)C=CC1NCCC21)CC3. The molecule has 3 N–H and O–H groups in total. The summed E-state index contributed by atoms with van der Waals surface area (Å²) in [7, 11) is 0. The molecule has 140 valence electrons. The highest BCUT2D eigenvalue weighted by atomic mass is 16.2. The number of benzene rings is 1. The monoisotopic (exact) mass is 372 g/mol. The molecule has 2 aliphatic heterocycles. The van der Waals surface area contributed by atoms with Crippen molar-refractivity contribution >= 4 is 34.9 Å². The molecule has 2 aromatic heterocycles. The molecule has 2 unspecified atom stereocenters. The molecule has 1 fully saturated rings. The lowest BCUT2D eigenvalue weighted by atomic mass is 9.88. The van der Waals surface area contributed by atoms with E-state index in [0.29, 0.717) is 29.9 Å². The number of aromatic amines is 2. The third kappa shape index (κ3) is 2.12. The van der Waals surface area contributed by atoms with Crippen LogP contribution in [-0.2, 0) is 6.42 Å². The zero-order chi connectivity index (χ0) is 18.8. The molecule has 0 spiro atoms. The number of anilines is 1. The fraction of sp³-hybridized carbons (Fsp3) is 0.273. The molecule has 28 heavy (non-hydrogen) atoms. The van der Waals surface area contributed by atoms with Crippen molar-refractivity contribution in [3.8, 4) is 0 Å². The maximum absolute atomic E-state index is 13.3. The second-order valence-electron chi connectivity index (χ2n) is 7.86. The molecule has 2 atom stereocenters. The van der Waals surface area contributed by atoms with Crippen LogP contribution in [0.5, 0.6) is 0 Å². The second kappa shape index (κ2) is 5.69. The maximum atomic E-state index is 13.3. The molecule has 3 aliphatic rings. The predicted molar refractivity (Wildman–Crippen MR) is 108 cm³/mol. The first-order valence-electron chi connectivity index (χ1n) is 9.79. The van der Waals surface area contributed by atoms with E-state index in [0.717, 1.165) is 53.5 Å². The van der Waals surface area contributed by atoms with E-state index in [-0.39, 0.29) is 5.91 Å². The van der Waals surface area contributed by atoms with Crippen LogP contribution in [0.1, 0.15) is 50.1 Å². The average Bonchev–Trinajstić information content (AvgIpc) is 3.49. The van der Waals surface area contributed by atoms with E-state index < -0.39 is 0 Å². The topological polar surface area (TPSA) is 81.0 Å². The summed E-state index contributed by atoms with van der Waals surface area (Å²) in [6.07, 6.45) is 7.01. The Hall–Kier alpha value is -3.12. The van der Waals surface area contributed by atoms with Crippen LogP contribution in [0.3, 0.4) is 0 Å². The van der Waals surface area contributed by atoms with Gasteiger partial charge in [0.2, 0.25) is 0 Å². The van der Waals surface area contributed by atoms with E-state index in [1.807, 2.05) is 29.2 Å². The molecule has 1 aliphatic carbocycles. The molecule has 6 rings (SSSR count). The van der Waals surface area contributed by atoms with Crippen LogP contribution in [-0.4, -0.2) is 41.3 Å². The van der Waals surface area contributed by atoms with Gasteiger partial charge in [-0.05, 0) is 60.9 Å². The van der Waals surface area contributed by atoms with Crippen molar-refractivity contribution in [2.45, 2.75) is 24.8 Å². The van der Waals surface area contributed by atoms with Crippen LogP contribution in [0.15, 0.2) is 30.3 Å². The minimum atomic E-state index is 0.00885. The van der Waals surface area contributed by atoms with Gasteiger partial charge in [-0.15, -0.1) is 0 Å². The molecule has 6 heteroatoms. The van der Waals surface area contributed by atoms with Crippen molar-refractivity contribution in [3.63, 3.8) is 0 Å². The van der Waals surface area contributed by atoms with Crippen molar-refractivity contribution in [1.82, 2.24) is 15.3 Å². The van der Waals surface area contributed by atoms with E-state index in [2.05, 4.69) is 27.4 Å². The summed E-state index contributed by atoms with van der Waals surface area (Å²) < 4.78 is 0. The van der Waals surface area contributed by atoms with Crippen LogP contribution < -0.4 is 10.2 Å². The summed E-state index contributed by atoms with van der Waals surface area (Å²) in [5, 5.41) is 4.54. The van der Waals surface area contributed by atoms with Crippen molar-refractivity contribution in [2.75, 3.05) is 18.0 Å². The van der Waals surface area contributed by atoms with Gasteiger partial charge in [0.1, 0.15) is 5.69 Å². The normalized spacial score (nSPS) is 22.4. The van der Waals surface area contributed by atoms with Gasteiger partial charge in [-0.2, -0.15) is 0 Å². The number of nitrogens with zero attached hydrogens (tertiary/aromatic N) is 1. The summed E-state index contributed by atoms with van der Waals surface area (Å²) >= 11 is 0. The number of nitrogens with one attached hydrogen (secondary N) is 3. The van der Waals surface area contributed by atoms with Gasteiger partial charge < -0.3 is 20.2 Å². The van der Waals surface area contributed by atoms with Gasteiger partial charge in [0.05, 0.1) is 5.69 Å². The maximum Gasteiger partial charge on any atom is 0.274 e. The molecule has 1 saturated heterocycles. The number of carbonyl (C=O) groups excluding carboxylic acids is 2. The van der Waals surface area contributed by atoms with Crippen LogP contribution in [0.25, 0.3) is 17.0 Å². The van der Waals surface area contributed by atoms with E-state index in [9.17, 15) is 9.59 Å². The second-order valence-corrected chi connectivity index (χ2v) is 7.86. The minimum Gasteiger partial charge on any atom is -0.352 e. The van der Waals surface area contributed by atoms with E-state index in [4.69, 9.17) is 0 Å². The van der Waals surface area contributed by atoms with Gasteiger partial charge in [0.15, 0.2) is 6.29 Å². The van der Waals surface area contributed by atoms with Crippen LogP contribution in [0, 0.1) is 0 Å². The predicted octanol–water partition coefficient (Wildman–Crippen LogP) is 2.98. The Morgan fingerprint density at radius 1 is 1.21 bits per heavy atom. The smallest absolute Gasteiger partial charge is 0.274 e. The molecule has 0 radical (unpaired) electrons. The first-order chi connectivity index (χ1) is 13.7. The largest absolute Gasteiger partial charge is 0.352 e. The molecule has 1 aromatic carbocycles. The minimum absolute atomic E-state index is 0.00885. The van der Waals surface area contributed by atoms with Crippen molar-refractivity contribution in [2.24, 2.45) is 0 Å². The highest BCUT2D eigenvalue weighted by molar-refractivity contribution is 6.08. The Morgan fingerprint density at radius 2 is 2.14 bits per heavy atom. The number of hydrogen-bond acceptors (Lipinski definition) is 3. The van der Waals surface area contributed by atoms with Crippen LogP contribution in [0.4, 0.5) is 5.69 Å².